The lowest BCUT2D eigenvalue weighted by Crippen LogP contribution is -2.36. The largest absolute Gasteiger partial charge is 0.496 e. The Balaban J connectivity index is 1.82. The van der Waals surface area contributed by atoms with Crippen LogP contribution in [-0.2, 0) is 14.3 Å². The zero-order valence-corrected chi connectivity index (χ0v) is 24.2. The van der Waals surface area contributed by atoms with Gasteiger partial charge < -0.3 is 24.3 Å². The summed E-state index contributed by atoms with van der Waals surface area (Å²) in [5.41, 5.74) is 4.22. The van der Waals surface area contributed by atoms with Crippen LogP contribution >= 0.6 is 15.9 Å². The SMILES string of the molecule is CC[C@@H](C)OC(=O)C1=C(C)NC2=C(C(=O)C[C@H](c3ccc(OC)c(OC)c3)C2)[C@@H]1c1cc(Br)ccc1OC. The number of carbonyl (C=O) groups excluding carboxylic acids is 2. The lowest BCUT2D eigenvalue weighted by atomic mass is 9.71. The summed E-state index contributed by atoms with van der Waals surface area (Å²) >= 11 is 3.56. The smallest absolute Gasteiger partial charge is 0.337 e. The Morgan fingerprint density at radius 1 is 1.03 bits per heavy atom. The minimum atomic E-state index is -0.617. The normalized spacial score (nSPS) is 19.9. The highest BCUT2D eigenvalue weighted by atomic mass is 79.9. The van der Waals surface area contributed by atoms with Gasteiger partial charge in [-0.2, -0.15) is 0 Å². The Morgan fingerprint density at radius 2 is 1.71 bits per heavy atom. The van der Waals surface area contributed by atoms with Gasteiger partial charge in [0.15, 0.2) is 17.3 Å². The zero-order valence-electron chi connectivity index (χ0n) is 22.6. The maximum Gasteiger partial charge on any atom is 0.337 e. The maximum atomic E-state index is 13.9. The minimum absolute atomic E-state index is 0.0214. The molecule has 2 aliphatic rings. The highest BCUT2D eigenvalue weighted by molar-refractivity contribution is 9.10. The van der Waals surface area contributed by atoms with Crippen molar-refractivity contribution in [2.24, 2.45) is 0 Å². The average Bonchev–Trinajstić information content (AvgIpc) is 2.91. The number of methoxy groups -OCH3 is 3. The van der Waals surface area contributed by atoms with Crippen LogP contribution in [0.5, 0.6) is 17.2 Å². The van der Waals surface area contributed by atoms with Gasteiger partial charge in [0.1, 0.15) is 5.75 Å². The third-order valence-corrected chi connectivity index (χ3v) is 7.81. The summed E-state index contributed by atoms with van der Waals surface area (Å²) in [6.45, 7) is 5.69. The summed E-state index contributed by atoms with van der Waals surface area (Å²) in [5.74, 6) is 0.734. The van der Waals surface area contributed by atoms with Crippen LogP contribution in [0.15, 0.2) is 63.4 Å². The van der Waals surface area contributed by atoms with Crippen LogP contribution in [0.25, 0.3) is 0 Å². The number of carbonyl (C=O) groups is 2. The van der Waals surface area contributed by atoms with E-state index >= 15 is 0 Å². The topological polar surface area (TPSA) is 83.1 Å². The first-order valence-corrected chi connectivity index (χ1v) is 13.5. The molecule has 202 valence electrons. The van der Waals surface area contributed by atoms with Crippen molar-refractivity contribution < 1.29 is 28.5 Å². The Hall–Kier alpha value is -3.26. The molecule has 0 bridgehead atoms. The van der Waals surface area contributed by atoms with E-state index in [1.807, 2.05) is 57.2 Å². The molecule has 2 aromatic rings. The molecular formula is C30H34BrNO6. The third kappa shape index (κ3) is 5.32. The summed E-state index contributed by atoms with van der Waals surface area (Å²) in [6.07, 6.45) is 1.35. The van der Waals surface area contributed by atoms with E-state index in [0.29, 0.717) is 53.4 Å². The molecule has 4 rings (SSSR count). The second kappa shape index (κ2) is 11.6. The first kappa shape index (κ1) is 27.8. The van der Waals surface area contributed by atoms with Crippen molar-refractivity contribution in [2.45, 2.75) is 58.0 Å². The summed E-state index contributed by atoms with van der Waals surface area (Å²) in [7, 11) is 4.79. The van der Waals surface area contributed by atoms with Crippen LogP contribution in [0.1, 0.15) is 63.0 Å². The van der Waals surface area contributed by atoms with Crippen LogP contribution in [0.3, 0.4) is 0 Å². The lowest BCUT2D eigenvalue weighted by molar-refractivity contribution is -0.144. The standard InChI is InChI=1S/C30H34BrNO6/c1-7-16(2)38-30(34)27-17(3)32-22-12-19(18-8-10-25(36-5)26(14-18)37-6)13-23(33)29(22)28(27)21-15-20(31)9-11-24(21)35-4/h8-11,14-16,19,28,32H,7,12-13H2,1-6H3/t16-,19-,28-/m1/s1. The molecule has 1 N–H and O–H groups in total. The molecule has 0 amide bonds. The highest BCUT2D eigenvalue weighted by Crippen LogP contribution is 2.48. The Bertz CT molecular complexity index is 1310. The number of ether oxygens (including phenoxy) is 4. The lowest BCUT2D eigenvalue weighted by Gasteiger charge is -2.37. The first-order valence-electron chi connectivity index (χ1n) is 12.7. The van der Waals surface area contributed by atoms with E-state index in [9.17, 15) is 9.59 Å². The zero-order chi connectivity index (χ0) is 27.6. The molecule has 0 spiro atoms. The molecule has 8 heteroatoms. The van der Waals surface area contributed by atoms with Crippen LogP contribution < -0.4 is 19.5 Å². The number of allylic oxidation sites excluding steroid dienone is 3. The molecule has 38 heavy (non-hydrogen) atoms. The number of Topliss-reactive ketones (excluding diaryl/α,β-unsaturated/α-hetero) is 1. The number of ketones is 1. The van der Waals surface area contributed by atoms with Gasteiger partial charge in [-0.05, 0) is 68.5 Å². The number of hydrogen-bond donors (Lipinski definition) is 1. The van der Waals surface area contributed by atoms with Crippen LogP contribution in [-0.4, -0.2) is 39.2 Å². The van der Waals surface area contributed by atoms with Gasteiger partial charge >= 0.3 is 5.97 Å². The van der Waals surface area contributed by atoms with Crippen molar-refractivity contribution in [1.82, 2.24) is 5.32 Å². The fourth-order valence-corrected chi connectivity index (χ4v) is 5.60. The first-order chi connectivity index (χ1) is 18.2. The molecule has 1 aliphatic carbocycles. The van der Waals surface area contributed by atoms with Crippen molar-refractivity contribution in [3.63, 3.8) is 0 Å². The minimum Gasteiger partial charge on any atom is -0.496 e. The summed E-state index contributed by atoms with van der Waals surface area (Å²) < 4.78 is 23.2. The fourth-order valence-electron chi connectivity index (χ4n) is 5.22. The van der Waals surface area contributed by atoms with Gasteiger partial charge in [0.25, 0.3) is 0 Å². The van der Waals surface area contributed by atoms with Gasteiger partial charge in [-0.3, -0.25) is 4.79 Å². The third-order valence-electron chi connectivity index (χ3n) is 7.31. The van der Waals surface area contributed by atoms with Crippen molar-refractivity contribution >= 4 is 27.7 Å². The molecule has 7 nitrogen and oxygen atoms in total. The molecule has 2 aromatic carbocycles. The molecule has 0 unspecified atom stereocenters. The van der Waals surface area contributed by atoms with Crippen molar-refractivity contribution in [2.75, 3.05) is 21.3 Å². The van der Waals surface area contributed by atoms with E-state index in [2.05, 4.69) is 21.2 Å². The number of nitrogens with one attached hydrogen (secondary N) is 1. The fraction of sp³-hybridized carbons (Fsp3) is 0.400. The molecule has 0 saturated heterocycles. The highest BCUT2D eigenvalue weighted by Gasteiger charge is 2.42. The van der Waals surface area contributed by atoms with Gasteiger partial charge in [-0.25, -0.2) is 4.79 Å². The van der Waals surface area contributed by atoms with E-state index in [1.165, 1.54) is 0 Å². The molecule has 0 saturated carbocycles. The number of esters is 1. The van der Waals surface area contributed by atoms with E-state index < -0.39 is 11.9 Å². The molecular weight excluding hydrogens is 550 g/mol. The van der Waals surface area contributed by atoms with E-state index in [1.54, 1.807) is 21.3 Å². The molecule has 0 radical (unpaired) electrons. The molecule has 1 heterocycles. The molecule has 0 aromatic heterocycles. The Morgan fingerprint density at radius 3 is 2.37 bits per heavy atom. The van der Waals surface area contributed by atoms with Gasteiger partial charge in [-0.1, -0.05) is 28.9 Å². The number of halogens is 1. The monoisotopic (exact) mass is 583 g/mol. The number of benzene rings is 2. The van der Waals surface area contributed by atoms with Crippen molar-refractivity contribution in [3.05, 3.63) is 74.5 Å². The maximum absolute atomic E-state index is 13.9. The number of dihydropyridines is 1. The van der Waals surface area contributed by atoms with Crippen LogP contribution in [0.4, 0.5) is 0 Å². The predicted molar refractivity (Wildman–Crippen MR) is 149 cm³/mol. The second-order valence-corrected chi connectivity index (χ2v) is 10.6. The van der Waals surface area contributed by atoms with E-state index in [4.69, 9.17) is 18.9 Å². The van der Waals surface area contributed by atoms with Crippen molar-refractivity contribution in [3.8, 4) is 17.2 Å². The van der Waals surface area contributed by atoms with Gasteiger partial charge in [0.05, 0.1) is 38.9 Å². The Labute approximate surface area is 232 Å². The summed E-state index contributed by atoms with van der Waals surface area (Å²) in [5, 5.41) is 3.40. The Kier molecular flexibility index (Phi) is 8.51. The average molecular weight is 585 g/mol. The van der Waals surface area contributed by atoms with E-state index in [-0.39, 0.29) is 17.8 Å². The van der Waals surface area contributed by atoms with Gasteiger partial charge in [-0.15, -0.1) is 0 Å². The van der Waals surface area contributed by atoms with Gasteiger partial charge in [0.2, 0.25) is 0 Å². The quantitative estimate of drug-likeness (QED) is 0.371. The summed E-state index contributed by atoms with van der Waals surface area (Å²) in [6, 6.07) is 11.4. The van der Waals surface area contributed by atoms with E-state index in [0.717, 1.165) is 21.3 Å². The molecule has 0 fully saturated rings. The predicted octanol–water partition coefficient (Wildman–Crippen LogP) is 6.18. The molecule has 3 atom stereocenters. The molecule has 1 aliphatic heterocycles. The number of hydrogen-bond acceptors (Lipinski definition) is 7. The second-order valence-electron chi connectivity index (χ2n) is 9.64. The number of rotatable bonds is 8. The van der Waals surface area contributed by atoms with Crippen LogP contribution in [0, 0.1) is 0 Å². The van der Waals surface area contributed by atoms with Crippen molar-refractivity contribution in [1.29, 1.82) is 0 Å². The summed E-state index contributed by atoms with van der Waals surface area (Å²) in [4.78, 5) is 27.4. The van der Waals surface area contributed by atoms with Crippen LogP contribution in [0.2, 0.25) is 0 Å². The van der Waals surface area contributed by atoms with Gasteiger partial charge in [0, 0.05) is 33.4 Å².